The van der Waals surface area contributed by atoms with Gasteiger partial charge in [-0.25, -0.2) is 9.98 Å². The minimum Gasteiger partial charge on any atom is -0.379 e. The first kappa shape index (κ1) is 39.7. The maximum absolute atomic E-state index is 13.7. The summed E-state index contributed by atoms with van der Waals surface area (Å²) in [5, 5.41) is 6.07. The number of carbonyl (C=O) groups excluding carboxylic acids is 3. The quantitative estimate of drug-likeness (QED) is 0.0783. The minimum absolute atomic E-state index is 0.0157. The maximum atomic E-state index is 13.7. The molecule has 0 spiro atoms. The van der Waals surface area contributed by atoms with Gasteiger partial charge in [0.1, 0.15) is 23.9 Å². The molecule has 0 unspecified atom stereocenters. The van der Waals surface area contributed by atoms with E-state index in [9.17, 15) is 14.4 Å². The van der Waals surface area contributed by atoms with Crippen molar-refractivity contribution < 1.29 is 23.9 Å². The molecule has 1 fully saturated rings. The van der Waals surface area contributed by atoms with Gasteiger partial charge < -0.3 is 30.0 Å². The summed E-state index contributed by atoms with van der Waals surface area (Å²) in [6.07, 6.45) is 12.2. The van der Waals surface area contributed by atoms with Crippen LogP contribution in [0.15, 0.2) is 65.3 Å². The third-order valence-electron chi connectivity index (χ3n) is 9.34. The van der Waals surface area contributed by atoms with Crippen LogP contribution in [0.4, 0.5) is 5.69 Å². The Labute approximate surface area is 317 Å². The third-order valence-corrected chi connectivity index (χ3v) is 9.61. The molecule has 3 aromatic rings. The first-order valence-electron chi connectivity index (χ1n) is 18.6. The fraction of sp³-hybridized carbons (Fsp3) is 0.475. The van der Waals surface area contributed by atoms with Crippen LogP contribution in [0.3, 0.4) is 0 Å². The molecule has 2 heterocycles. The molecule has 53 heavy (non-hydrogen) atoms. The number of amides is 3. The van der Waals surface area contributed by atoms with Gasteiger partial charge in [-0.05, 0) is 86.6 Å². The highest BCUT2D eigenvalue weighted by Crippen LogP contribution is 2.25. The number of hydrogen-bond acceptors (Lipinski definition) is 8. The van der Waals surface area contributed by atoms with E-state index in [0.717, 1.165) is 54.6 Å². The number of halogens is 1. The fourth-order valence-corrected chi connectivity index (χ4v) is 6.55. The van der Waals surface area contributed by atoms with Gasteiger partial charge in [-0.15, -0.1) is 11.6 Å². The number of aromatic amines is 1. The second kappa shape index (κ2) is 20.6. The van der Waals surface area contributed by atoms with Crippen molar-refractivity contribution in [3.8, 4) is 0 Å². The standard InChI is InChI=1S/C40H52ClN7O5/c1-47(2)32-17-11-29(12-18-32)27-35-40(51)48(37(46-35)20-19-36-44-33-9-5-6-10-34(33)45-36)28-38(49)43-31-15-13-30(14-16-31)39(50)42-22-24-53-26-25-52-23-8-4-3-7-21-41/h5-6,9-12,17-20,27,30-31H,3-4,7-8,13-16,21-26,28H2,1-2H3,(H,42,50)(H,43,49)(H,44,45)/b20-19+,35-27+. The molecule has 0 atom stereocenters. The van der Waals surface area contributed by atoms with Crippen LogP contribution in [0.1, 0.15) is 62.8 Å². The number of fused-ring (bicyclic) bond motifs is 1. The molecular formula is C40H52ClN7O5. The summed E-state index contributed by atoms with van der Waals surface area (Å²) >= 11 is 5.69. The van der Waals surface area contributed by atoms with Crippen LogP contribution in [-0.2, 0) is 23.9 Å². The molecule has 3 N–H and O–H groups in total. The highest BCUT2D eigenvalue weighted by atomic mass is 35.5. The summed E-state index contributed by atoms with van der Waals surface area (Å²) in [6, 6.07) is 15.4. The molecule has 2 aromatic carbocycles. The number of benzene rings is 2. The summed E-state index contributed by atoms with van der Waals surface area (Å²) in [5.41, 5.74) is 3.84. The molecule has 2 aliphatic rings. The van der Waals surface area contributed by atoms with E-state index in [1.807, 2.05) is 67.5 Å². The highest BCUT2D eigenvalue weighted by Gasteiger charge is 2.32. The number of nitrogens with zero attached hydrogens (tertiary/aromatic N) is 4. The Morgan fingerprint density at radius 3 is 2.42 bits per heavy atom. The van der Waals surface area contributed by atoms with Gasteiger partial charge in [-0.1, -0.05) is 37.1 Å². The topological polar surface area (TPSA) is 141 Å². The number of rotatable bonds is 20. The van der Waals surface area contributed by atoms with Crippen molar-refractivity contribution >= 4 is 64.0 Å². The number of nitrogens with one attached hydrogen (secondary N) is 3. The number of aliphatic imine (C=N–C) groups is 1. The molecule has 12 nitrogen and oxygen atoms in total. The zero-order valence-electron chi connectivity index (χ0n) is 30.8. The first-order chi connectivity index (χ1) is 25.8. The fourth-order valence-electron chi connectivity index (χ4n) is 6.36. The first-order valence-corrected chi connectivity index (χ1v) is 19.1. The van der Waals surface area contributed by atoms with Crippen molar-refractivity contribution in [2.75, 3.05) is 64.4 Å². The Bertz CT molecular complexity index is 1710. The Morgan fingerprint density at radius 1 is 0.943 bits per heavy atom. The predicted octanol–water partition coefficient (Wildman–Crippen LogP) is 5.55. The summed E-state index contributed by atoms with van der Waals surface area (Å²) in [6.45, 7) is 2.47. The number of para-hydroxylation sites is 2. The van der Waals surface area contributed by atoms with E-state index >= 15 is 0 Å². The Kier molecular flexibility index (Phi) is 15.5. The lowest BCUT2D eigenvalue weighted by atomic mass is 9.85. The number of carbonyl (C=O) groups is 3. The molecule has 284 valence electrons. The largest absolute Gasteiger partial charge is 0.379 e. The van der Waals surface area contributed by atoms with Crippen molar-refractivity contribution in [1.82, 2.24) is 25.5 Å². The Hall–Kier alpha value is -4.52. The molecular weight excluding hydrogens is 694 g/mol. The van der Waals surface area contributed by atoms with Gasteiger partial charge in [0.15, 0.2) is 0 Å². The van der Waals surface area contributed by atoms with E-state index in [-0.39, 0.29) is 41.9 Å². The Morgan fingerprint density at radius 2 is 1.68 bits per heavy atom. The number of alkyl halides is 1. The van der Waals surface area contributed by atoms with Gasteiger partial charge >= 0.3 is 0 Å². The summed E-state index contributed by atoms with van der Waals surface area (Å²) < 4.78 is 11.2. The summed E-state index contributed by atoms with van der Waals surface area (Å²) in [4.78, 5) is 55.6. The van der Waals surface area contributed by atoms with Gasteiger partial charge in [0, 0.05) is 50.8 Å². The van der Waals surface area contributed by atoms with E-state index in [2.05, 4.69) is 25.6 Å². The van der Waals surface area contributed by atoms with Gasteiger partial charge in [0.2, 0.25) is 11.8 Å². The average molecular weight is 746 g/mol. The third kappa shape index (κ3) is 12.3. The van der Waals surface area contributed by atoms with Crippen molar-refractivity contribution in [3.05, 3.63) is 71.7 Å². The predicted molar refractivity (Wildman–Crippen MR) is 211 cm³/mol. The lowest BCUT2D eigenvalue weighted by molar-refractivity contribution is -0.129. The zero-order chi connectivity index (χ0) is 37.4. The normalized spacial score (nSPS) is 18.2. The second-order valence-corrected chi connectivity index (χ2v) is 14.0. The van der Waals surface area contributed by atoms with Crippen molar-refractivity contribution in [2.24, 2.45) is 10.9 Å². The van der Waals surface area contributed by atoms with E-state index < -0.39 is 0 Å². The van der Waals surface area contributed by atoms with Crippen molar-refractivity contribution in [2.45, 2.75) is 57.4 Å². The minimum atomic E-state index is -0.355. The van der Waals surface area contributed by atoms with E-state index in [4.69, 9.17) is 21.1 Å². The Balaban J connectivity index is 1.08. The summed E-state index contributed by atoms with van der Waals surface area (Å²) in [5.74, 6) is 0.958. The lowest BCUT2D eigenvalue weighted by Crippen LogP contribution is -2.46. The average Bonchev–Trinajstić information content (AvgIpc) is 3.71. The summed E-state index contributed by atoms with van der Waals surface area (Å²) in [7, 11) is 3.94. The second-order valence-electron chi connectivity index (χ2n) is 13.6. The molecule has 0 radical (unpaired) electrons. The van der Waals surface area contributed by atoms with Gasteiger partial charge in [0.05, 0.1) is 30.9 Å². The van der Waals surface area contributed by atoms with Crippen LogP contribution >= 0.6 is 11.6 Å². The SMILES string of the molecule is CN(C)c1ccc(/C=C2N=C(/C=C/c3nc4ccccc4[nH]3)N(CC(=O)NC3CCC(C(=O)NCCOCCOCCCCCCCl)CC3)C/2=O)cc1. The monoisotopic (exact) mass is 745 g/mol. The van der Waals surface area contributed by atoms with Gasteiger partial charge in [-0.2, -0.15) is 0 Å². The maximum Gasteiger partial charge on any atom is 0.278 e. The molecule has 1 aliphatic carbocycles. The van der Waals surface area contributed by atoms with E-state index in [0.29, 0.717) is 69.6 Å². The molecule has 1 aromatic heterocycles. The number of anilines is 1. The number of aromatic nitrogens is 2. The van der Waals surface area contributed by atoms with Crippen molar-refractivity contribution in [3.63, 3.8) is 0 Å². The smallest absolute Gasteiger partial charge is 0.278 e. The molecule has 0 bridgehead atoms. The zero-order valence-corrected chi connectivity index (χ0v) is 31.6. The van der Waals surface area contributed by atoms with E-state index in [1.54, 1.807) is 18.2 Å². The molecule has 0 saturated heterocycles. The van der Waals surface area contributed by atoms with Gasteiger partial charge in [-0.3, -0.25) is 19.3 Å². The van der Waals surface area contributed by atoms with Crippen LogP contribution in [0.5, 0.6) is 0 Å². The lowest BCUT2D eigenvalue weighted by Gasteiger charge is -2.29. The molecule has 3 amide bonds. The van der Waals surface area contributed by atoms with Crippen LogP contribution < -0.4 is 15.5 Å². The molecule has 1 saturated carbocycles. The van der Waals surface area contributed by atoms with Crippen LogP contribution in [-0.4, -0.2) is 104 Å². The van der Waals surface area contributed by atoms with Crippen LogP contribution in [0.25, 0.3) is 23.2 Å². The molecule has 5 rings (SSSR count). The van der Waals surface area contributed by atoms with Crippen molar-refractivity contribution in [1.29, 1.82) is 0 Å². The molecule has 13 heteroatoms. The van der Waals surface area contributed by atoms with E-state index in [1.165, 1.54) is 4.90 Å². The van der Waals surface area contributed by atoms with Crippen LogP contribution in [0.2, 0.25) is 0 Å². The van der Waals surface area contributed by atoms with Gasteiger partial charge in [0.25, 0.3) is 5.91 Å². The molecule has 1 aliphatic heterocycles. The number of amidine groups is 1. The number of H-pyrrole nitrogens is 1. The number of hydrogen-bond donors (Lipinski definition) is 3. The highest BCUT2D eigenvalue weighted by molar-refractivity contribution is 6.19. The number of ether oxygens (including phenoxy) is 2. The number of unbranched alkanes of at least 4 members (excludes halogenated alkanes) is 3. The number of imidazole rings is 1. The van der Waals surface area contributed by atoms with Crippen LogP contribution in [0, 0.1) is 5.92 Å².